The van der Waals surface area contributed by atoms with E-state index in [1.54, 1.807) is 13.2 Å². The van der Waals surface area contributed by atoms with Gasteiger partial charge in [0.2, 0.25) is 6.79 Å². The van der Waals surface area contributed by atoms with Crippen molar-refractivity contribution in [1.82, 2.24) is 4.90 Å². The van der Waals surface area contributed by atoms with E-state index < -0.39 is 0 Å². The van der Waals surface area contributed by atoms with Gasteiger partial charge in [0.1, 0.15) is 0 Å². The molecule has 6 heteroatoms. The summed E-state index contributed by atoms with van der Waals surface area (Å²) in [6.07, 6.45) is 1.98. The van der Waals surface area contributed by atoms with Crippen LogP contribution in [-0.4, -0.2) is 57.6 Å². The Kier molecular flexibility index (Phi) is 4.10. The number of hydrogen-bond donors (Lipinski definition) is 0. The lowest BCUT2D eigenvalue weighted by molar-refractivity contribution is -0.0169. The van der Waals surface area contributed by atoms with E-state index in [0.29, 0.717) is 29.6 Å². The van der Waals surface area contributed by atoms with E-state index in [0.717, 1.165) is 39.1 Å². The van der Waals surface area contributed by atoms with Gasteiger partial charge in [-0.05, 0) is 36.5 Å². The maximum Gasteiger partial charge on any atom is 0.254 e. The zero-order chi connectivity index (χ0) is 16.6. The zero-order valence-corrected chi connectivity index (χ0v) is 14.0. The van der Waals surface area contributed by atoms with Gasteiger partial charge in [-0.3, -0.25) is 4.79 Å². The summed E-state index contributed by atoms with van der Waals surface area (Å²) >= 11 is 0. The lowest BCUT2D eigenvalue weighted by Gasteiger charge is -2.37. The fraction of sp³-hybridized carbons (Fsp3) is 0.611. The highest BCUT2D eigenvalue weighted by Crippen LogP contribution is 2.45. The third kappa shape index (κ3) is 2.63. The van der Waals surface area contributed by atoms with Crippen molar-refractivity contribution in [1.29, 1.82) is 0 Å². The number of benzene rings is 1. The Balaban J connectivity index is 1.54. The number of carbonyl (C=O) groups is 1. The van der Waals surface area contributed by atoms with Crippen molar-refractivity contribution in [2.24, 2.45) is 11.3 Å². The van der Waals surface area contributed by atoms with Crippen molar-refractivity contribution in [3.8, 4) is 11.5 Å². The summed E-state index contributed by atoms with van der Waals surface area (Å²) in [5, 5.41) is 0. The molecule has 4 rings (SSSR count). The molecule has 2 fully saturated rings. The molecule has 0 N–H and O–H groups in total. The molecular weight excluding hydrogens is 310 g/mol. The summed E-state index contributed by atoms with van der Waals surface area (Å²) in [6, 6.07) is 5.41. The van der Waals surface area contributed by atoms with E-state index in [-0.39, 0.29) is 18.1 Å². The fourth-order valence-corrected chi connectivity index (χ4v) is 4.18. The Bertz CT molecular complexity index is 626. The van der Waals surface area contributed by atoms with Crippen LogP contribution in [0, 0.1) is 11.3 Å². The van der Waals surface area contributed by atoms with Gasteiger partial charge in [0, 0.05) is 44.9 Å². The van der Waals surface area contributed by atoms with Gasteiger partial charge in [-0.25, -0.2) is 0 Å². The minimum absolute atomic E-state index is 0.0535. The molecule has 1 aromatic rings. The standard InChI is InChI=1S/C18H23NO5/c1-21-10-14-9-19(11-18(14)4-6-22-7-5-18)17(20)13-2-3-15-16(8-13)24-12-23-15/h2-3,8,14H,4-7,9-12H2,1H3. The SMILES string of the molecule is COCC1CN(C(=O)c2ccc3c(c2)OCO3)CC12CCOCC2. The molecule has 6 nitrogen and oxygen atoms in total. The van der Waals surface area contributed by atoms with Crippen LogP contribution in [0.2, 0.25) is 0 Å². The van der Waals surface area contributed by atoms with Crippen LogP contribution in [0.5, 0.6) is 11.5 Å². The maximum absolute atomic E-state index is 13.0. The molecule has 1 spiro atoms. The summed E-state index contributed by atoms with van der Waals surface area (Å²) in [5.74, 6) is 1.77. The van der Waals surface area contributed by atoms with Crippen molar-refractivity contribution in [2.45, 2.75) is 12.8 Å². The fourth-order valence-electron chi connectivity index (χ4n) is 4.18. The predicted molar refractivity (Wildman–Crippen MR) is 86.3 cm³/mol. The van der Waals surface area contributed by atoms with Gasteiger partial charge in [0.25, 0.3) is 5.91 Å². The van der Waals surface area contributed by atoms with E-state index in [4.69, 9.17) is 18.9 Å². The highest BCUT2D eigenvalue weighted by molar-refractivity contribution is 5.95. The number of likely N-dealkylation sites (tertiary alicyclic amines) is 1. The predicted octanol–water partition coefficient (Wildman–Crippen LogP) is 1.93. The molecule has 1 atom stereocenters. The molecule has 1 unspecified atom stereocenters. The van der Waals surface area contributed by atoms with Gasteiger partial charge in [0.15, 0.2) is 11.5 Å². The molecule has 24 heavy (non-hydrogen) atoms. The average Bonchev–Trinajstić information content (AvgIpc) is 3.20. The van der Waals surface area contributed by atoms with Gasteiger partial charge in [-0.2, -0.15) is 0 Å². The molecular formula is C18H23NO5. The van der Waals surface area contributed by atoms with Crippen LogP contribution in [0.4, 0.5) is 0 Å². The molecule has 0 aromatic heterocycles. The summed E-state index contributed by atoms with van der Waals surface area (Å²) in [6.45, 7) is 3.96. The van der Waals surface area contributed by atoms with Gasteiger partial charge in [-0.1, -0.05) is 0 Å². The number of ether oxygens (including phenoxy) is 4. The molecule has 0 saturated carbocycles. The lowest BCUT2D eigenvalue weighted by atomic mass is 9.72. The Morgan fingerprint density at radius 1 is 1.29 bits per heavy atom. The highest BCUT2D eigenvalue weighted by Gasteiger charge is 2.48. The van der Waals surface area contributed by atoms with E-state index in [2.05, 4.69) is 0 Å². The van der Waals surface area contributed by atoms with E-state index in [9.17, 15) is 4.79 Å². The van der Waals surface area contributed by atoms with Crippen molar-refractivity contribution in [3.63, 3.8) is 0 Å². The van der Waals surface area contributed by atoms with Crippen molar-refractivity contribution in [2.75, 3.05) is 46.8 Å². The van der Waals surface area contributed by atoms with Crippen LogP contribution in [0.25, 0.3) is 0 Å². The van der Waals surface area contributed by atoms with E-state index in [1.807, 2.05) is 17.0 Å². The minimum atomic E-state index is 0.0535. The Morgan fingerprint density at radius 3 is 2.88 bits per heavy atom. The van der Waals surface area contributed by atoms with Crippen LogP contribution < -0.4 is 9.47 Å². The minimum Gasteiger partial charge on any atom is -0.454 e. The quantitative estimate of drug-likeness (QED) is 0.846. The van der Waals surface area contributed by atoms with Gasteiger partial charge >= 0.3 is 0 Å². The first kappa shape index (κ1) is 15.7. The average molecular weight is 333 g/mol. The number of rotatable bonds is 3. The smallest absolute Gasteiger partial charge is 0.254 e. The van der Waals surface area contributed by atoms with Crippen molar-refractivity contribution >= 4 is 5.91 Å². The van der Waals surface area contributed by atoms with Gasteiger partial charge < -0.3 is 23.8 Å². The van der Waals surface area contributed by atoms with Gasteiger partial charge in [0.05, 0.1) is 6.61 Å². The highest BCUT2D eigenvalue weighted by atomic mass is 16.7. The number of hydrogen-bond acceptors (Lipinski definition) is 5. The largest absolute Gasteiger partial charge is 0.454 e. The van der Waals surface area contributed by atoms with Crippen molar-refractivity contribution in [3.05, 3.63) is 23.8 Å². The van der Waals surface area contributed by atoms with Crippen LogP contribution in [0.1, 0.15) is 23.2 Å². The van der Waals surface area contributed by atoms with E-state index in [1.165, 1.54) is 0 Å². The number of nitrogens with zero attached hydrogens (tertiary/aromatic N) is 1. The molecule has 1 amide bonds. The molecule has 0 aliphatic carbocycles. The second-order valence-electron chi connectivity index (χ2n) is 6.88. The Labute approximate surface area is 141 Å². The molecule has 3 aliphatic heterocycles. The number of methoxy groups -OCH3 is 1. The van der Waals surface area contributed by atoms with Crippen LogP contribution in [-0.2, 0) is 9.47 Å². The molecule has 1 aromatic carbocycles. The van der Waals surface area contributed by atoms with Crippen molar-refractivity contribution < 1.29 is 23.7 Å². The van der Waals surface area contributed by atoms with Crippen LogP contribution in [0.3, 0.4) is 0 Å². The van der Waals surface area contributed by atoms with Crippen LogP contribution >= 0.6 is 0 Å². The second-order valence-corrected chi connectivity index (χ2v) is 6.88. The number of amides is 1. The first-order valence-electron chi connectivity index (χ1n) is 8.47. The molecule has 130 valence electrons. The topological polar surface area (TPSA) is 57.2 Å². The first-order valence-corrected chi connectivity index (χ1v) is 8.47. The summed E-state index contributed by atoms with van der Waals surface area (Å²) in [7, 11) is 1.73. The zero-order valence-electron chi connectivity index (χ0n) is 14.0. The molecule has 0 bridgehead atoms. The Morgan fingerprint density at radius 2 is 2.08 bits per heavy atom. The molecule has 3 heterocycles. The monoisotopic (exact) mass is 333 g/mol. The third-order valence-corrected chi connectivity index (χ3v) is 5.58. The number of carbonyl (C=O) groups excluding carboxylic acids is 1. The molecule has 2 saturated heterocycles. The Hall–Kier alpha value is -1.79. The number of fused-ring (bicyclic) bond motifs is 1. The normalized spacial score (nSPS) is 24.5. The van der Waals surface area contributed by atoms with Crippen LogP contribution in [0.15, 0.2) is 18.2 Å². The summed E-state index contributed by atoms with van der Waals surface area (Å²) in [5.41, 5.74) is 0.778. The summed E-state index contributed by atoms with van der Waals surface area (Å²) < 4.78 is 21.7. The lowest BCUT2D eigenvalue weighted by Crippen LogP contribution is -2.39. The summed E-state index contributed by atoms with van der Waals surface area (Å²) in [4.78, 5) is 14.9. The molecule has 0 radical (unpaired) electrons. The van der Waals surface area contributed by atoms with E-state index >= 15 is 0 Å². The maximum atomic E-state index is 13.0. The third-order valence-electron chi connectivity index (χ3n) is 5.58. The first-order chi connectivity index (χ1) is 11.7. The van der Waals surface area contributed by atoms with Gasteiger partial charge in [-0.15, -0.1) is 0 Å². The second kappa shape index (κ2) is 6.26. The molecule has 3 aliphatic rings.